The highest BCUT2D eigenvalue weighted by molar-refractivity contribution is 5.81. The summed E-state index contributed by atoms with van der Waals surface area (Å²) in [4.78, 5) is 0. The van der Waals surface area contributed by atoms with Crippen LogP contribution in [-0.2, 0) is 0 Å². The molecule has 0 aromatic heterocycles. The summed E-state index contributed by atoms with van der Waals surface area (Å²) in [6.45, 7) is 17.1. The minimum Gasteiger partial charge on any atom is -0.0776 e. The molecule has 2 aromatic carbocycles. The van der Waals surface area contributed by atoms with E-state index >= 15 is 0 Å². The van der Waals surface area contributed by atoms with Gasteiger partial charge in [0.05, 0.1) is 0 Å². The van der Waals surface area contributed by atoms with Gasteiger partial charge in [-0.05, 0) is 16.2 Å². The quantitative estimate of drug-likeness (QED) is 0.482. The molecule has 0 fully saturated rings. The first kappa shape index (κ1) is 50.0. The molecule has 2 aromatic rings. The van der Waals surface area contributed by atoms with E-state index in [2.05, 4.69) is 76.2 Å². The van der Waals surface area contributed by atoms with Crippen LogP contribution in [0.3, 0.4) is 0 Å². The van der Waals surface area contributed by atoms with E-state index in [1.165, 1.54) is 23.6 Å². The topological polar surface area (TPSA) is 0 Å². The zero-order valence-electron chi connectivity index (χ0n) is 15.5. The lowest BCUT2D eigenvalue weighted by Gasteiger charge is -2.18. The van der Waals surface area contributed by atoms with Crippen molar-refractivity contribution in [3.63, 3.8) is 0 Å². The summed E-state index contributed by atoms with van der Waals surface area (Å²) in [6.07, 6.45) is 2.59. The Morgan fingerprint density at radius 2 is 0.704 bits per heavy atom. The summed E-state index contributed by atoms with van der Waals surface area (Å²) in [5.74, 6) is 0. The summed E-state index contributed by atoms with van der Waals surface area (Å²) in [5.41, 5.74) is 0.583. The van der Waals surface area contributed by atoms with Crippen LogP contribution in [0.15, 0.2) is 48.5 Å². The maximum Gasteiger partial charge on any atom is -0.0184 e. The third-order valence-electron chi connectivity index (χ3n) is 3.57. The Kier molecular flexibility index (Phi) is 60.0. The molecule has 0 bridgehead atoms. The van der Waals surface area contributed by atoms with Crippen molar-refractivity contribution in [1.82, 2.24) is 0 Å². The molecule has 168 valence electrons. The molecular formula is C27H60. The third kappa shape index (κ3) is 24.7. The van der Waals surface area contributed by atoms with E-state index in [0.29, 0.717) is 5.41 Å². The van der Waals surface area contributed by atoms with Gasteiger partial charge in [0.2, 0.25) is 0 Å². The van der Waals surface area contributed by atoms with Crippen molar-refractivity contribution in [2.75, 3.05) is 0 Å². The second kappa shape index (κ2) is 32.4. The second-order valence-electron chi connectivity index (χ2n) is 5.22. The highest BCUT2D eigenvalue weighted by Crippen LogP contribution is 2.22. The van der Waals surface area contributed by atoms with Gasteiger partial charge in [0.15, 0.2) is 0 Å². The monoisotopic (exact) mass is 384 g/mol. The van der Waals surface area contributed by atoms with Crippen molar-refractivity contribution in [3.8, 4) is 0 Å². The fraction of sp³-hybridized carbons (Fsp3) is 0.630. The molecule has 0 unspecified atom stereocenters. The molecule has 0 heterocycles. The molecule has 0 saturated carbocycles. The summed E-state index contributed by atoms with van der Waals surface area (Å²) in [5, 5.41) is 2.62. The van der Waals surface area contributed by atoms with Gasteiger partial charge in [-0.3, -0.25) is 0 Å². The highest BCUT2D eigenvalue weighted by atomic mass is 14.1. The van der Waals surface area contributed by atoms with Crippen molar-refractivity contribution in [2.24, 2.45) is 5.41 Å². The van der Waals surface area contributed by atoms with E-state index in [1.807, 2.05) is 27.7 Å². The van der Waals surface area contributed by atoms with Gasteiger partial charge in [-0.15, -0.1) is 0 Å². The number of hydrogen-bond acceptors (Lipinski definition) is 0. The summed E-state index contributed by atoms with van der Waals surface area (Å²) in [7, 11) is 0. The minimum absolute atomic E-state index is 0. The first-order valence-corrected chi connectivity index (χ1v) is 8.53. The molecule has 27 heavy (non-hydrogen) atoms. The molecule has 0 aliphatic carbocycles. The maximum absolute atomic E-state index is 2.30. The van der Waals surface area contributed by atoms with E-state index < -0.39 is 0 Å². The van der Waals surface area contributed by atoms with Crippen LogP contribution in [-0.4, -0.2) is 0 Å². The largest absolute Gasteiger partial charge is 0.0776 e. The van der Waals surface area contributed by atoms with Gasteiger partial charge in [0.1, 0.15) is 0 Å². The summed E-state index contributed by atoms with van der Waals surface area (Å²) < 4.78 is 0. The summed E-state index contributed by atoms with van der Waals surface area (Å²) in [6, 6.07) is 16.7. The lowest BCUT2D eigenvalue weighted by molar-refractivity contribution is 0.338. The molecule has 0 aliphatic heterocycles. The van der Waals surface area contributed by atoms with Gasteiger partial charge in [-0.25, -0.2) is 0 Å². The Morgan fingerprint density at radius 1 is 0.519 bits per heavy atom. The van der Waals surface area contributed by atoms with Crippen LogP contribution < -0.4 is 0 Å². The van der Waals surface area contributed by atoms with Gasteiger partial charge in [-0.2, -0.15) is 0 Å². The van der Waals surface area contributed by atoms with Crippen molar-refractivity contribution >= 4 is 10.8 Å². The van der Waals surface area contributed by atoms with Crippen LogP contribution in [0.25, 0.3) is 10.8 Å². The predicted molar refractivity (Wildman–Crippen MR) is 141 cm³/mol. The highest BCUT2D eigenvalue weighted by Gasteiger charge is 2.09. The van der Waals surface area contributed by atoms with Crippen LogP contribution in [0.1, 0.15) is 113 Å². The Balaban J connectivity index is -0.0000000325. The first-order valence-electron chi connectivity index (χ1n) is 8.53. The molecule has 0 N–H and O–H groups in total. The van der Waals surface area contributed by atoms with Crippen molar-refractivity contribution < 1.29 is 0 Å². The van der Waals surface area contributed by atoms with Crippen LogP contribution in [0.2, 0.25) is 0 Å². The van der Waals surface area contributed by atoms with Gasteiger partial charge in [-0.1, -0.05) is 161 Å². The molecule has 0 saturated heterocycles. The maximum atomic E-state index is 2.30. The lowest BCUT2D eigenvalue weighted by atomic mass is 9.88. The van der Waals surface area contributed by atoms with Crippen LogP contribution in [0, 0.1) is 5.41 Å². The normalized spacial score (nSPS) is 7.26. The SMILES string of the molecule is C.C.C.C.C.C.CC.CC.CCC(C)(C)CC.c1ccc2ccccc2c1. The first-order chi connectivity index (χ1) is 10.1. The number of rotatable bonds is 2. The molecule has 0 spiro atoms. The van der Waals surface area contributed by atoms with Crippen LogP contribution >= 0.6 is 0 Å². The fourth-order valence-electron chi connectivity index (χ4n) is 1.38. The van der Waals surface area contributed by atoms with Gasteiger partial charge in [0.25, 0.3) is 0 Å². The Bertz CT molecular complexity index is 369. The van der Waals surface area contributed by atoms with E-state index in [1.54, 1.807) is 0 Å². The Labute approximate surface area is 177 Å². The third-order valence-corrected chi connectivity index (χ3v) is 3.57. The minimum atomic E-state index is 0. The summed E-state index contributed by atoms with van der Waals surface area (Å²) >= 11 is 0. The average molecular weight is 385 g/mol. The molecule has 0 nitrogen and oxygen atoms in total. The fourth-order valence-corrected chi connectivity index (χ4v) is 1.38. The number of benzene rings is 2. The van der Waals surface area contributed by atoms with Crippen molar-refractivity contribution in [1.29, 1.82) is 0 Å². The molecule has 0 atom stereocenters. The number of fused-ring (bicyclic) bond motifs is 1. The van der Waals surface area contributed by atoms with E-state index in [-0.39, 0.29) is 44.6 Å². The lowest BCUT2D eigenvalue weighted by Crippen LogP contribution is -2.05. The predicted octanol–water partition coefficient (Wildman–Crippen LogP) is 11.5. The van der Waals surface area contributed by atoms with Crippen molar-refractivity contribution in [3.05, 3.63) is 48.5 Å². The van der Waals surface area contributed by atoms with Gasteiger partial charge < -0.3 is 0 Å². The van der Waals surface area contributed by atoms with Gasteiger partial charge in [0, 0.05) is 0 Å². The average Bonchev–Trinajstić information content (AvgIpc) is 2.59. The number of hydrogen-bond donors (Lipinski definition) is 0. The van der Waals surface area contributed by atoms with Gasteiger partial charge >= 0.3 is 0 Å². The molecule has 2 rings (SSSR count). The molecule has 0 radical (unpaired) electrons. The Hall–Kier alpha value is -1.30. The van der Waals surface area contributed by atoms with Crippen molar-refractivity contribution in [2.45, 2.75) is 113 Å². The molecular weight excluding hydrogens is 324 g/mol. The van der Waals surface area contributed by atoms with Crippen LogP contribution in [0.4, 0.5) is 0 Å². The van der Waals surface area contributed by atoms with E-state index in [9.17, 15) is 0 Å². The molecule has 0 heteroatoms. The van der Waals surface area contributed by atoms with E-state index in [0.717, 1.165) is 0 Å². The molecule has 0 amide bonds. The smallest absolute Gasteiger partial charge is 0.0184 e. The zero-order chi connectivity index (χ0) is 16.7. The second-order valence-corrected chi connectivity index (χ2v) is 5.22. The standard InChI is InChI=1S/C10H8.C7H16.2C2H6.6CH4/c1-2-6-10-8-4-3-7-9(10)5-1;1-5-7(3,4)6-2;2*1-2;;;;;;/h1-8H;5-6H2,1-4H3;2*1-2H3;6*1H4. The Morgan fingerprint density at radius 3 is 0.815 bits per heavy atom. The van der Waals surface area contributed by atoms with E-state index in [4.69, 9.17) is 0 Å². The zero-order valence-corrected chi connectivity index (χ0v) is 15.5. The molecule has 0 aliphatic rings. The van der Waals surface area contributed by atoms with Crippen LogP contribution in [0.5, 0.6) is 0 Å².